The van der Waals surface area contributed by atoms with Crippen LogP contribution in [0.4, 0.5) is 0 Å². The third-order valence-corrected chi connectivity index (χ3v) is 2.27. The van der Waals surface area contributed by atoms with Gasteiger partial charge in [-0.3, -0.25) is 0 Å². The molecular weight excluding hydrogens is 196 g/mol. The Hall–Kier alpha value is -0.740. The second-order valence-corrected chi connectivity index (χ2v) is 3.27. The summed E-state index contributed by atoms with van der Waals surface area (Å²) >= 11 is 7.17. The van der Waals surface area contributed by atoms with E-state index in [1.165, 1.54) is 11.8 Å². The van der Waals surface area contributed by atoms with Crippen molar-refractivity contribution in [3.05, 3.63) is 17.6 Å². The molecular formula is C7H5ClN2OS. The van der Waals surface area contributed by atoms with Crippen molar-refractivity contribution in [1.29, 1.82) is 0 Å². The molecule has 0 saturated carbocycles. The lowest BCUT2D eigenvalue weighted by Crippen LogP contribution is -1.85. The van der Waals surface area contributed by atoms with Crippen LogP contribution in [0.25, 0.3) is 11.1 Å². The molecule has 2 rings (SSSR count). The van der Waals surface area contributed by atoms with E-state index in [2.05, 4.69) is 9.97 Å². The lowest BCUT2D eigenvalue weighted by atomic mass is 10.5. The number of halogens is 1. The summed E-state index contributed by atoms with van der Waals surface area (Å²) in [6.45, 7) is 0. The number of hydrogen-bond donors (Lipinski definition) is 0. The Morgan fingerprint density at radius 2 is 2.33 bits per heavy atom. The predicted molar refractivity (Wildman–Crippen MR) is 48.6 cm³/mol. The highest BCUT2D eigenvalue weighted by Crippen LogP contribution is 2.25. The molecule has 2 heterocycles. The van der Waals surface area contributed by atoms with Crippen molar-refractivity contribution in [2.24, 2.45) is 0 Å². The fraction of sp³-hybridized carbons (Fsp3) is 0.143. The van der Waals surface area contributed by atoms with E-state index in [4.69, 9.17) is 16.0 Å². The molecule has 0 aliphatic heterocycles. The number of aromatic nitrogens is 2. The highest BCUT2D eigenvalue weighted by atomic mass is 35.5. The Labute approximate surface area is 78.1 Å². The third kappa shape index (κ3) is 1.17. The predicted octanol–water partition coefficient (Wildman–Crippen LogP) is 2.60. The standard InChI is InChI=1S/C7H5ClN2OS/c1-12-6-5-4(2-3-11-5)9-7(8)10-6/h2-3H,1H3. The first-order chi connectivity index (χ1) is 5.81. The maximum atomic E-state index is 5.68. The first kappa shape index (κ1) is 7.89. The fourth-order valence-electron chi connectivity index (χ4n) is 0.948. The normalized spacial score (nSPS) is 10.8. The van der Waals surface area contributed by atoms with Gasteiger partial charge >= 0.3 is 0 Å². The minimum Gasteiger partial charge on any atom is -0.460 e. The van der Waals surface area contributed by atoms with Gasteiger partial charge in [0.1, 0.15) is 10.5 Å². The zero-order valence-electron chi connectivity index (χ0n) is 6.24. The molecule has 0 spiro atoms. The molecule has 0 unspecified atom stereocenters. The number of thioether (sulfide) groups is 1. The number of hydrogen-bond acceptors (Lipinski definition) is 4. The van der Waals surface area contributed by atoms with Gasteiger partial charge in [-0.1, -0.05) is 0 Å². The summed E-state index contributed by atoms with van der Waals surface area (Å²) in [5.41, 5.74) is 1.45. The summed E-state index contributed by atoms with van der Waals surface area (Å²) in [7, 11) is 0. The van der Waals surface area contributed by atoms with E-state index in [-0.39, 0.29) is 5.28 Å². The second-order valence-electron chi connectivity index (χ2n) is 2.14. The number of nitrogens with zero attached hydrogens (tertiary/aromatic N) is 2. The largest absolute Gasteiger partial charge is 0.460 e. The molecule has 0 fully saturated rings. The lowest BCUT2D eigenvalue weighted by molar-refractivity contribution is 0.603. The van der Waals surface area contributed by atoms with E-state index in [0.717, 1.165) is 10.5 Å². The van der Waals surface area contributed by atoms with E-state index in [1.54, 1.807) is 12.3 Å². The summed E-state index contributed by atoms with van der Waals surface area (Å²) in [5.74, 6) is 0. The van der Waals surface area contributed by atoms with Crippen molar-refractivity contribution < 1.29 is 4.42 Å². The molecule has 0 amide bonds. The van der Waals surface area contributed by atoms with Crippen LogP contribution in [0.3, 0.4) is 0 Å². The van der Waals surface area contributed by atoms with E-state index in [0.29, 0.717) is 5.58 Å². The minimum atomic E-state index is 0.258. The van der Waals surface area contributed by atoms with Crippen molar-refractivity contribution in [1.82, 2.24) is 9.97 Å². The van der Waals surface area contributed by atoms with Crippen LogP contribution in [-0.2, 0) is 0 Å². The van der Waals surface area contributed by atoms with Gasteiger partial charge in [0.15, 0.2) is 5.58 Å². The molecule has 2 aromatic heterocycles. The first-order valence-electron chi connectivity index (χ1n) is 3.26. The summed E-state index contributed by atoms with van der Waals surface area (Å²) in [6.07, 6.45) is 3.50. The molecule has 0 aliphatic rings. The maximum Gasteiger partial charge on any atom is 0.224 e. The highest BCUT2D eigenvalue weighted by molar-refractivity contribution is 7.98. The van der Waals surface area contributed by atoms with Gasteiger partial charge in [0.25, 0.3) is 0 Å². The van der Waals surface area contributed by atoms with Crippen LogP contribution >= 0.6 is 23.4 Å². The average Bonchev–Trinajstić information content (AvgIpc) is 2.50. The van der Waals surface area contributed by atoms with Crippen molar-refractivity contribution in [3.63, 3.8) is 0 Å². The SMILES string of the molecule is CSc1nc(Cl)nc2ccoc12. The van der Waals surface area contributed by atoms with Gasteiger partial charge in [-0.15, -0.1) is 11.8 Å². The number of furan rings is 1. The molecule has 0 N–H and O–H groups in total. The van der Waals surface area contributed by atoms with Gasteiger partial charge in [0.05, 0.1) is 6.26 Å². The zero-order chi connectivity index (χ0) is 8.55. The molecule has 0 atom stereocenters. The molecule has 5 heteroatoms. The van der Waals surface area contributed by atoms with E-state index >= 15 is 0 Å². The van der Waals surface area contributed by atoms with Crippen molar-refractivity contribution >= 4 is 34.5 Å². The smallest absolute Gasteiger partial charge is 0.224 e. The Morgan fingerprint density at radius 1 is 1.50 bits per heavy atom. The summed E-state index contributed by atoms with van der Waals surface area (Å²) in [4.78, 5) is 8.01. The van der Waals surface area contributed by atoms with Gasteiger partial charge in [0.2, 0.25) is 5.28 Å². The molecule has 0 saturated heterocycles. The Balaban J connectivity index is 2.80. The van der Waals surface area contributed by atoms with Crippen LogP contribution in [0.1, 0.15) is 0 Å². The number of fused-ring (bicyclic) bond motifs is 1. The van der Waals surface area contributed by atoms with E-state index in [1.807, 2.05) is 6.26 Å². The average molecular weight is 201 g/mol. The second kappa shape index (κ2) is 2.95. The molecule has 62 valence electrons. The molecule has 0 aliphatic carbocycles. The van der Waals surface area contributed by atoms with Gasteiger partial charge in [-0.2, -0.15) is 0 Å². The Morgan fingerprint density at radius 3 is 3.08 bits per heavy atom. The quantitative estimate of drug-likeness (QED) is 0.403. The molecule has 2 aromatic rings. The summed E-state index contributed by atoms with van der Waals surface area (Å²) < 4.78 is 5.19. The topological polar surface area (TPSA) is 38.9 Å². The van der Waals surface area contributed by atoms with Crippen LogP contribution in [0.5, 0.6) is 0 Å². The highest BCUT2D eigenvalue weighted by Gasteiger charge is 2.07. The van der Waals surface area contributed by atoms with E-state index < -0.39 is 0 Å². The maximum absolute atomic E-state index is 5.68. The van der Waals surface area contributed by atoms with Crippen molar-refractivity contribution in [2.45, 2.75) is 5.03 Å². The van der Waals surface area contributed by atoms with Gasteiger partial charge in [0, 0.05) is 6.07 Å². The molecule has 3 nitrogen and oxygen atoms in total. The van der Waals surface area contributed by atoms with Crippen LogP contribution < -0.4 is 0 Å². The van der Waals surface area contributed by atoms with Gasteiger partial charge < -0.3 is 4.42 Å². The lowest BCUT2D eigenvalue weighted by Gasteiger charge is -1.95. The number of rotatable bonds is 1. The first-order valence-corrected chi connectivity index (χ1v) is 4.86. The van der Waals surface area contributed by atoms with Crippen molar-refractivity contribution in [2.75, 3.05) is 6.26 Å². The van der Waals surface area contributed by atoms with Gasteiger partial charge in [-0.05, 0) is 17.9 Å². The van der Waals surface area contributed by atoms with Crippen LogP contribution in [0.2, 0.25) is 5.28 Å². The monoisotopic (exact) mass is 200 g/mol. The zero-order valence-corrected chi connectivity index (χ0v) is 7.82. The van der Waals surface area contributed by atoms with Crippen LogP contribution in [0.15, 0.2) is 21.8 Å². The minimum absolute atomic E-state index is 0.258. The van der Waals surface area contributed by atoms with Gasteiger partial charge in [-0.25, -0.2) is 9.97 Å². The van der Waals surface area contributed by atoms with E-state index in [9.17, 15) is 0 Å². The summed E-state index contributed by atoms with van der Waals surface area (Å²) in [6, 6.07) is 1.77. The Kier molecular flexibility index (Phi) is 1.94. The molecule has 0 bridgehead atoms. The third-order valence-electron chi connectivity index (χ3n) is 1.44. The molecule has 0 radical (unpaired) electrons. The van der Waals surface area contributed by atoms with Crippen molar-refractivity contribution in [3.8, 4) is 0 Å². The van der Waals surface area contributed by atoms with Crippen LogP contribution in [0, 0.1) is 0 Å². The molecule has 12 heavy (non-hydrogen) atoms. The summed E-state index contributed by atoms with van der Waals surface area (Å²) in [5, 5.41) is 1.03. The fourth-order valence-corrected chi connectivity index (χ4v) is 1.69. The van der Waals surface area contributed by atoms with Crippen LogP contribution in [-0.4, -0.2) is 16.2 Å². The molecule has 0 aromatic carbocycles. The Bertz CT molecular complexity index is 415.